The number of rotatable bonds is 8. The van der Waals surface area contributed by atoms with Crippen molar-refractivity contribution in [2.45, 2.75) is 48.4 Å². The number of alkyl halides is 6. The molecule has 0 N–H and O–H groups in total. The van der Waals surface area contributed by atoms with Gasteiger partial charge in [-0.15, -0.1) is 6.58 Å². The molecule has 0 aromatic carbocycles. The summed E-state index contributed by atoms with van der Waals surface area (Å²) in [7, 11) is -13.6. The Balaban J connectivity index is 5.52. The monoisotopic (exact) mass is 450 g/mol. The second kappa shape index (κ2) is 8.67. The molecule has 0 aliphatic heterocycles. The molecule has 15 heteroatoms. The fourth-order valence-corrected chi connectivity index (χ4v) is 5.18. The highest BCUT2D eigenvalue weighted by Crippen LogP contribution is 2.38. The third-order valence-corrected chi connectivity index (χ3v) is 7.49. The molecule has 0 bridgehead atoms. The third kappa shape index (κ3) is 6.86. The molecule has 1 atom stereocenters. The zero-order chi connectivity index (χ0) is 21.8. The average molecular weight is 450 g/mol. The fourth-order valence-electron chi connectivity index (χ4n) is 1.54. The Morgan fingerprint density at radius 1 is 1.00 bits per heavy atom. The lowest BCUT2D eigenvalue weighted by Gasteiger charge is -2.23. The van der Waals surface area contributed by atoms with Crippen LogP contribution in [0.1, 0.15) is 26.7 Å². The highest BCUT2D eigenvalue weighted by molar-refractivity contribution is 8.09. The molecule has 0 radical (unpaired) electrons. The van der Waals surface area contributed by atoms with Crippen LogP contribution in [0.3, 0.4) is 0 Å². The molecule has 0 heterocycles. The number of hydrogen-bond acceptors (Lipinski definition) is 7. The quantitative estimate of drug-likeness (QED) is 0.318. The van der Waals surface area contributed by atoms with Gasteiger partial charge < -0.3 is 9.47 Å². The van der Waals surface area contributed by atoms with E-state index in [1.807, 2.05) is 0 Å². The first kappa shape index (κ1) is 25.5. The molecule has 0 aromatic heterocycles. The molecule has 7 nitrogen and oxygen atoms in total. The summed E-state index contributed by atoms with van der Waals surface area (Å²) < 4.78 is 126. The van der Waals surface area contributed by atoms with Crippen molar-refractivity contribution in [3.63, 3.8) is 0 Å². The smallest absolute Gasteiger partial charge is 0.434 e. The second-order valence-electron chi connectivity index (χ2n) is 5.38. The van der Waals surface area contributed by atoms with Crippen molar-refractivity contribution >= 4 is 25.8 Å². The number of hydrogen-bond donors (Lipinski definition) is 0. The zero-order valence-electron chi connectivity index (χ0n) is 13.9. The maximum absolute atomic E-state index is 12.6. The van der Waals surface area contributed by atoms with Gasteiger partial charge in [-0.25, -0.2) is 21.6 Å². The lowest BCUT2D eigenvalue weighted by molar-refractivity contribution is -0.0477. The van der Waals surface area contributed by atoms with Crippen LogP contribution in [0.4, 0.5) is 31.1 Å². The van der Waals surface area contributed by atoms with E-state index < -0.39 is 54.0 Å². The van der Waals surface area contributed by atoms with Gasteiger partial charge in [-0.3, -0.25) is 0 Å². The van der Waals surface area contributed by atoms with E-state index in [2.05, 4.69) is 16.1 Å². The van der Waals surface area contributed by atoms with Crippen LogP contribution in [-0.2, 0) is 29.1 Å². The molecule has 0 rings (SSSR count). The molecule has 0 amide bonds. The number of sulfone groups is 2. The van der Waals surface area contributed by atoms with Crippen molar-refractivity contribution in [2.75, 3.05) is 6.61 Å². The molecule has 0 saturated carbocycles. The van der Waals surface area contributed by atoms with E-state index in [0.29, 0.717) is 12.5 Å². The molecule has 1 unspecified atom stereocenters. The van der Waals surface area contributed by atoms with Gasteiger partial charge in [0.05, 0.1) is 6.61 Å². The van der Waals surface area contributed by atoms with Crippen LogP contribution in [0.15, 0.2) is 12.2 Å². The third-order valence-electron chi connectivity index (χ3n) is 2.91. The van der Waals surface area contributed by atoms with E-state index in [9.17, 15) is 48.0 Å². The predicted octanol–water partition coefficient (Wildman–Crippen LogP) is 3.08. The van der Waals surface area contributed by atoms with Gasteiger partial charge in [0.2, 0.25) is 0 Å². The summed E-state index contributed by atoms with van der Waals surface area (Å²) >= 11 is 0. The van der Waals surface area contributed by atoms with E-state index in [-0.39, 0.29) is 13.0 Å². The molecule has 0 aromatic rings. The Morgan fingerprint density at radius 2 is 1.41 bits per heavy atom. The van der Waals surface area contributed by atoms with Crippen LogP contribution in [0.5, 0.6) is 0 Å². The largest absolute Gasteiger partial charge is 0.508 e. The van der Waals surface area contributed by atoms with Crippen LogP contribution < -0.4 is 0 Å². The summed E-state index contributed by atoms with van der Waals surface area (Å²) in [5.74, 6) is 0. The number of ether oxygens (including phenoxy) is 2. The van der Waals surface area contributed by atoms with Gasteiger partial charge in [-0.05, 0) is 13.8 Å². The van der Waals surface area contributed by atoms with E-state index in [0.717, 1.165) is 0 Å². The Labute approximate surface area is 151 Å². The average Bonchev–Trinajstić information content (AvgIpc) is 2.41. The lowest BCUT2D eigenvalue weighted by atomic mass is 10.3. The van der Waals surface area contributed by atoms with Crippen LogP contribution in [0.2, 0.25) is 0 Å². The molecule has 27 heavy (non-hydrogen) atoms. The van der Waals surface area contributed by atoms with Crippen molar-refractivity contribution in [3.8, 4) is 0 Å². The van der Waals surface area contributed by atoms with Gasteiger partial charge in [-0.2, -0.15) is 26.3 Å². The second-order valence-corrected chi connectivity index (χ2v) is 9.92. The van der Waals surface area contributed by atoms with Gasteiger partial charge in [0.15, 0.2) is 4.58 Å². The van der Waals surface area contributed by atoms with E-state index in [1.54, 1.807) is 6.92 Å². The normalized spacial score (nSPS) is 14.7. The summed E-state index contributed by atoms with van der Waals surface area (Å²) in [6.45, 7) is 5.49. The molecule has 0 fully saturated rings. The molecule has 0 aliphatic carbocycles. The molecular weight excluding hydrogens is 434 g/mol. The topological polar surface area (TPSA) is 104 Å². The number of halogens is 6. The van der Waals surface area contributed by atoms with Crippen molar-refractivity contribution in [1.82, 2.24) is 0 Å². The summed E-state index contributed by atoms with van der Waals surface area (Å²) in [6.07, 6.45) is -5.12. The Morgan fingerprint density at radius 3 is 1.74 bits per heavy atom. The molecular formula is C12H16F6O7S2. The SMILES string of the molecule is C=C(C)CCOC(=O)OC(C)CC(S(=O)(=O)C(F)(F)F)S(=O)(=O)C(F)(F)F. The molecule has 0 saturated heterocycles. The Hall–Kier alpha value is -1.51. The van der Waals surface area contributed by atoms with Crippen LogP contribution in [0, 0.1) is 0 Å². The fraction of sp³-hybridized carbons (Fsp3) is 0.750. The van der Waals surface area contributed by atoms with Gasteiger partial charge in [0.25, 0.3) is 19.7 Å². The lowest BCUT2D eigenvalue weighted by Crippen LogP contribution is -2.46. The molecule has 160 valence electrons. The van der Waals surface area contributed by atoms with Crippen molar-refractivity contribution in [1.29, 1.82) is 0 Å². The van der Waals surface area contributed by atoms with Crippen molar-refractivity contribution in [3.05, 3.63) is 12.2 Å². The van der Waals surface area contributed by atoms with E-state index in [1.165, 1.54) is 0 Å². The van der Waals surface area contributed by atoms with Gasteiger partial charge in [0, 0.05) is 12.8 Å². The maximum Gasteiger partial charge on any atom is 0.508 e. The zero-order valence-corrected chi connectivity index (χ0v) is 15.6. The van der Waals surface area contributed by atoms with Crippen LogP contribution in [-0.4, -0.2) is 51.3 Å². The van der Waals surface area contributed by atoms with Gasteiger partial charge in [-0.1, -0.05) is 5.57 Å². The Kier molecular flexibility index (Phi) is 8.18. The summed E-state index contributed by atoms with van der Waals surface area (Å²) in [5, 5.41) is 0. The van der Waals surface area contributed by atoms with Crippen LogP contribution >= 0.6 is 0 Å². The number of carbonyl (C=O) groups excluding carboxylic acids is 1. The minimum Gasteiger partial charge on any atom is -0.434 e. The maximum atomic E-state index is 12.6. The summed E-state index contributed by atoms with van der Waals surface area (Å²) in [6, 6.07) is 0. The van der Waals surface area contributed by atoms with Crippen LogP contribution in [0.25, 0.3) is 0 Å². The van der Waals surface area contributed by atoms with Crippen molar-refractivity contribution in [2.24, 2.45) is 0 Å². The minimum absolute atomic E-state index is 0.178. The van der Waals surface area contributed by atoms with Gasteiger partial charge >= 0.3 is 17.2 Å². The predicted molar refractivity (Wildman–Crippen MR) is 79.7 cm³/mol. The molecule has 0 spiro atoms. The highest BCUT2D eigenvalue weighted by atomic mass is 32.3. The van der Waals surface area contributed by atoms with E-state index in [4.69, 9.17) is 0 Å². The first-order chi connectivity index (χ1) is 11.8. The van der Waals surface area contributed by atoms with Gasteiger partial charge in [0.1, 0.15) is 6.10 Å². The first-order valence-electron chi connectivity index (χ1n) is 6.92. The summed E-state index contributed by atoms with van der Waals surface area (Å²) in [4.78, 5) is 11.3. The van der Waals surface area contributed by atoms with Crippen molar-refractivity contribution < 1.29 is 57.4 Å². The minimum atomic E-state index is -6.79. The first-order valence-corrected chi connectivity index (χ1v) is 10.0. The highest BCUT2D eigenvalue weighted by Gasteiger charge is 2.63. The standard InChI is InChI=1S/C12H16F6O7S2/c1-7(2)4-5-24-10(19)25-8(3)6-9(26(20,21)11(13,14)15)27(22,23)12(16,17)18/h8-9H,1,4-6H2,2-3H3. The van der Waals surface area contributed by atoms with E-state index >= 15 is 0 Å². The molecule has 0 aliphatic rings. The summed E-state index contributed by atoms with van der Waals surface area (Å²) in [5.41, 5.74) is -12.0. The Bertz CT molecular complexity index is 708. The number of carbonyl (C=O) groups is 1.